The first kappa shape index (κ1) is 14.6. The lowest BCUT2D eigenvalue weighted by Gasteiger charge is -2.25. The third kappa shape index (κ3) is 3.30. The Morgan fingerprint density at radius 3 is 3.00 bits per heavy atom. The molecule has 2 atom stereocenters. The molecule has 1 aromatic rings. The smallest absolute Gasteiger partial charge is 0.266 e. The molecule has 3 rings (SSSR count). The molecule has 2 aliphatic carbocycles. The Morgan fingerprint density at radius 2 is 2.24 bits per heavy atom. The molecule has 0 saturated carbocycles. The summed E-state index contributed by atoms with van der Waals surface area (Å²) in [6, 6.07) is 0. The summed E-state index contributed by atoms with van der Waals surface area (Å²) >= 11 is 5.03. The molecule has 0 amide bonds. The summed E-state index contributed by atoms with van der Waals surface area (Å²) in [5.41, 5.74) is 2.44. The molecule has 4 nitrogen and oxygen atoms in total. The molecule has 1 aromatic heterocycles. The van der Waals surface area contributed by atoms with E-state index in [-0.39, 0.29) is 6.10 Å². The van der Waals surface area contributed by atoms with E-state index >= 15 is 0 Å². The first-order chi connectivity index (χ1) is 10.2. The van der Waals surface area contributed by atoms with Crippen LogP contribution in [-0.2, 0) is 22.3 Å². The Kier molecular flexibility index (Phi) is 4.31. The maximum Gasteiger partial charge on any atom is 0.266 e. The zero-order valence-corrected chi connectivity index (χ0v) is 13.3. The molecular weight excluding hydrogens is 286 g/mol. The van der Waals surface area contributed by atoms with Crippen LogP contribution in [0.1, 0.15) is 31.2 Å². The van der Waals surface area contributed by atoms with Crippen molar-refractivity contribution in [3.63, 3.8) is 0 Å². The lowest BCUT2D eigenvalue weighted by molar-refractivity contribution is 0.0532. The zero-order valence-electron chi connectivity index (χ0n) is 12.5. The van der Waals surface area contributed by atoms with Crippen LogP contribution in [0.3, 0.4) is 0 Å². The third-order valence-electron chi connectivity index (χ3n) is 4.30. The van der Waals surface area contributed by atoms with Gasteiger partial charge in [0.15, 0.2) is 0 Å². The number of aromatic nitrogens is 1. The molecule has 1 N–H and O–H groups in total. The van der Waals surface area contributed by atoms with Crippen LogP contribution in [-0.4, -0.2) is 24.8 Å². The van der Waals surface area contributed by atoms with Gasteiger partial charge in [0, 0.05) is 19.3 Å². The average molecular weight is 307 g/mol. The largest absolute Gasteiger partial charge is 0.501 e. The molecular formula is C16H21NO3S. The van der Waals surface area contributed by atoms with Crippen molar-refractivity contribution in [3.05, 3.63) is 39.8 Å². The standard InChI is InChI=1S/C16H21NO3S/c1-10-7-12(18-2)4-3-11(10)9-19-13-5-6-15-14(8-13)17-16(21)20-15/h3-4,10,13H,5-9H2,1-2H3,(H,17,21). The number of H-pyrrole nitrogens is 1. The van der Waals surface area contributed by atoms with Crippen LogP contribution in [0.15, 0.2) is 27.9 Å². The van der Waals surface area contributed by atoms with Crippen LogP contribution >= 0.6 is 12.2 Å². The number of ether oxygens (including phenoxy) is 2. The van der Waals surface area contributed by atoms with Crippen molar-refractivity contribution >= 4 is 12.2 Å². The van der Waals surface area contributed by atoms with Crippen molar-refractivity contribution in [2.75, 3.05) is 13.7 Å². The topological polar surface area (TPSA) is 47.4 Å². The Labute approximate surface area is 129 Å². The number of methoxy groups -OCH3 is 1. The van der Waals surface area contributed by atoms with Gasteiger partial charge in [-0.05, 0) is 36.2 Å². The zero-order chi connectivity index (χ0) is 14.8. The second-order valence-corrected chi connectivity index (χ2v) is 6.15. The normalized spacial score (nSPS) is 25.0. The van der Waals surface area contributed by atoms with Gasteiger partial charge in [0.2, 0.25) is 0 Å². The molecule has 114 valence electrons. The van der Waals surface area contributed by atoms with Crippen molar-refractivity contribution < 1.29 is 13.9 Å². The molecule has 0 fully saturated rings. The third-order valence-corrected chi connectivity index (χ3v) is 4.49. The van der Waals surface area contributed by atoms with Gasteiger partial charge in [-0.1, -0.05) is 13.0 Å². The summed E-state index contributed by atoms with van der Waals surface area (Å²) in [7, 11) is 1.72. The van der Waals surface area contributed by atoms with E-state index in [9.17, 15) is 0 Å². The molecule has 0 aromatic carbocycles. The van der Waals surface area contributed by atoms with Gasteiger partial charge in [0.25, 0.3) is 4.84 Å². The van der Waals surface area contributed by atoms with E-state index in [1.165, 1.54) is 5.57 Å². The van der Waals surface area contributed by atoms with E-state index in [2.05, 4.69) is 18.0 Å². The number of aromatic amines is 1. The SMILES string of the molecule is COC1=CC=C(COC2CCc3oc(=S)[nH]c3C2)C(C)C1. The second kappa shape index (κ2) is 6.20. The summed E-state index contributed by atoms with van der Waals surface area (Å²) < 4.78 is 16.9. The summed E-state index contributed by atoms with van der Waals surface area (Å²) in [4.78, 5) is 3.59. The van der Waals surface area contributed by atoms with E-state index in [0.717, 1.165) is 42.9 Å². The number of hydrogen-bond acceptors (Lipinski definition) is 4. The molecule has 0 aliphatic heterocycles. The molecule has 0 bridgehead atoms. The van der Waals surface area contributed by atoms with Crippen LogP contribution in [0.25, 0.3) is 0 Å². The summed E-state index contributed by atoms with van der Waals surface area (Å²) in [5, 5.41) is 0. The van der Waals surface area contributed by atoms with Crippen molar-refractivity contribution in [2.24, 2.45) is 5.92 Å². The Balaban J connectivity index is 1.58. The van der Waals surface area contributed by atoms with Crippen LogP contribution in [0.4, 0.5) is 0 Å². The van der Waals surface area contributed by atoms with Gasteiger partial charge in [-0.15, -0.1) is 0 Å². The van der Waals surface area contributed by atoms with Crippen molar-refractivity contribution in [2.45, 2.75) is 38.7 Å². The van der Waals surface area contributed by atoms with E-state index in [1.54, 1.807) is 7.11 Å². The van der Waals surface area contributed by atoms with Gasteiger partial charge >= 0.3 is 0 Å². The molecule has 1 heterocycles. The Morgan fingerprint density at radius 1 is 1.38 bits per heavy atom. The maximum absolute atomic E-state index is 6.09. The minimum Gasteiger partial charge on any atom is -0.501 e. The van der Waals surface area contributed by atoms with Crippen LogP contribution < -0.4 is 0 Å². The molecule has 0 saturated heterocycles. The van der Waals surface area contributed by atoms with Gasteiger partial charge in [-0.2, -0.15) is 0 Å². The van der Waals surface area contributed by atoms with Gasteiger partial charge in [0.1, 0.15) is 5.76 Å². The summed E-state index contributed by atoms with van der Waals surface area (Å²) in [5.74, 6) is 2.51. The Bertz CT molecular complexity index is 626. The highest BCUT2D eigenvalue weighted by Crippen LogP contribution is 2.27. The fourth-order valence-corrected chi connectivity index (χ4v) is 3.17. The first-order valence-corrected chi connectivity index (χ1v) is 7.82. The lowest BCUT2D eigenvalue weighted by atomic mass is 9.92. The molecule has 5 heteroatoms. The van der Waals surface area contributed by atoms with Crippen molar-refractivity contribution in [1.29, 1.82) is 0 Å². The highest BCUT2D eigenvalue weighted by Gasteiger charge is 2.24. The van der Waals surface area contributed by atoms with Crippen molar-refractivity contribution in [3.8, 4) is 0 Å². The molecule has 0 spiro atoms. The number of oxazole rings is 1. The number of aryl methyl sites for hydroxylation is 1. The summed E-state index contributed by atoms with van der Waals surface area (Å²) in [6.45, 7) is 2.90. The number of hydrogen-bond donors (Lipinski definition) is 1. The van der Waals surface area contributed by atoms with Crippen molar-refractivity contribution in [1.82, 2.24) is 4.98 Å². The van der Waals surface area contributed by atoms with E-state index in [1.807, 2.05) is 6.08 Å². The number of nitrogens with one attached hydrogen (secondary N) is 1. The van der Waals surface area contributed by atoms with Crippen LogP contribution in [0, 0.1) is 10.8 Å². The fourth-order valence-electron chi connectivity index (χ4n) is 2.94. The average Bonchev–Trinajstić information content (AvgIpc) is 2.85. The predicted molar refractivity (Wildman–Crippen MR) is 82.6 cm³/mol. The second-order valence-electron chi connectivity index (χ2n) is 5.78. The van der Waals surface area contributed by atoms with Crippen LogP contribution in [0.2, 0.25) is 0 Å². The van der Waals surface area contributed by atoms with Gasteiger partial charge in [0.05, 0.1) is 31.3 Å². The van der Waals surface area contributed by atoms with E-state index in [4.69, 9.17) is 26.1 Å². The molecule has 2 aliphatic rings. The Hall–Kier alpha value is -1.33. The molecule has 2 unspecified atom stereocenters. The lowest BCUT2D eigenvalue weighted by Crippen LogP contribution is -2.24. The van der Waals surface area contributed by atoms with Gasteiger partial charge in [-0.3, -0.25) is 0 Å². The maximum atomic E-state index is 6.09. The molecule has 21 heavy (non-hydrogen) atoms. The minimum absolute atomic E-state index is 0.238. The minimum atomic E-state index is 0.238. The fraction of sp³-hybridized carbons (Fsp3) is 0.562. The number of rotatable bonds is 4. The van der Waals surface area contributed by atoms with Gasteiger partial charge in [-0.25, -0.2) is 0 Å². The molecule has 0 radical (unpaired) electrons. The van der Waals surface area contributed by atoms with E-state index in [0.29, 0.717) is 17.4 Å². The highest BCUT2D eigenvalue weighted by atomic mass is 32.1. The summed E-state index contributed by atoms with van der Waals surface area (Å²) in [6.07, 6.45) is 8.12. The van der Waals surface area contributed by atoms with Gasteiger partial charge < -0.3 is 18.9 Å². The predicted octanol–water partition coefficient (Wildman–Crippen LogP) is 3.71. The van der Waals surface area contributed by atoms with Crippen LogP contribution in [0.5, 0.6) is 0 Å². The number of fused-ring (bicyclic) bond motifs is 1. The highest BCUT2D eigenvalue weighted by molar-refractivity contribution is 7.71. The first-order valence-electron chi connectivity index (χ1n) is 7.41. The number of allylic oxidation sites excluding steroid dienone is 3. The quantitative estimate of drug-likeness (QED) is 0.862. The monoisotopic (exact) mass is 307 g/mol. The van der Waals surface area contributed by atoms with E-state index < -0.39 is 0 Å².